The largest absolute Gasteiger partial charge is 0.489 e. The van der Waals surface area contributed by atoms with Gasteiger partial charge in [-0.15, -0.1) is 0 Å². The summed E-state index contributed by atoms with van der Waals surface area (Å²) in [6.45, 7) is 1.90. The van der Waals surface area contributed by atoms with Gasteiger partial charge in [0.05, 0.1) is 11.1 Å². The van der Waals surface area contributed by atoms with Gasteiger partial charge in [-0.2, -0.15) is 26.3 Å². The van der Waals surface area contributed by atoms with Crippen LogP contribution in [-0.4, -0.2) is 5.52 Å². The fourth-order valence-corrected chi connectivity index (χ4v) is 4.14. The minimum atomic E-state index is -5.10. The number of alkyl halides is 6. The zero-order chi connectivity index (χ0) is 23.5. The molecule has 0 N–H and O–H groups in total. The Kier molecular flexibility index (Phi) is 6.94. The normalized spacial score (nSPS) is 12.3. The molecule has 0 amide bonds. The Bertz CT molecular complexity index is 1080. The summed E-state index contributed by atoms with van der Waals surface area (Å²) in [6, 6.07) is 15.6. The van der Waals surface area contributed by atoms with E-state index >= 15 is 0 Å². The van der Waals surface area contributed by atoms with E-state index in [0.717, 1.165) is 5.56 Å². The molecule has 0 aliphatic heterocycles. The van der Waals surface area contributed by atoms with Crippen LogP contribution < -0.4 is 10.0 Å². The van der Waals surface area contributed by atoms with E-state index in [9.17, 15) is 31.1 Å². The van der Waals surface area contributed by atoms with Crippen LogP contribution in [0.5, 0.6) is 5.75 Å². The standard InChI is InChI=1S/C23H17F6O2P/c1-14-12-16(31-13-15-6-3-2-4-7-15)10-11-19(14)32-21(30)20-17(22(24,25)26)8-5-9-18(20)23(27,28)29/h2-12,32H,13H2,1H3. The van der Waals surface area contributed by atoms with Gasteiger partial charge in [-0.1, -0.05) is 42.5 Å². The highest BCUT2D eigenvalue weighted by Gasteiger charge is 2.42. The maximum atomic E-state index is 13.3. The van der Waals surface area contributed by atoms with Gasteiger partial charge in [0.25, 0.3) is 0 Å². The summed E-state index contributed by atoms with van der Waals surface area (Å²) < 4.78 is 85.7. The second kappa shape index (κ2) is 9.33. The van der Waals surface area contributed by atoms with Crippen molar-refractivity contribution in [1.82, 2.24) is 0 Å². The molecule has 3 rings (SSSR count). The van der Waals surface area contributed by atoms with Crippen molar-refractivity contribution in [2.24, 2.45) is 0 Å². The van der Waals surface area contributed by atoms with Crippen molar-refractivity contribution in [1.29, 1.82) is 0 Å². The number of benzene rings is 3. The lowest BCUT2D eigenvalue weighted by molar-refractivity contribution is -0.143. The molecule has 3 aromatic carbocycles. The van der Waals surface area contributed by atoms with E-state index < -0.39 is 43.1 Å². The fraction of sp³-hybridized carbons (Fsp3) is 0.174. The Morgan fingerprint density at radius 2 is 1.44 bits per heavy atom. The maximum absolute atomic E-state index is 13.3. The van der Waals surface area contributed by atoms with E-state index in [1.807, 2.05) is 30.3 Å². The van der Waals surface area contributed by atoms with Crippen molar-refractivity contribution in [2.45, 2.75) is 25.9 Å². The zero-order valence-corrected chi connectivity index (χ0v) is 17.6. The average molecular weight is 470 g/mol. The molecule has 9 heteroatoms. The maximum Gasteiger partial charge on any atom is 0.417 e. The lowest BCUT2D eigenvalue weighted by atomic mass is 10.0. The van der Waals surface area contributed by atoms with Crippen LogP contribution in [0.3, 0.4) is 0 Å². The van der Waals surface area contributed by atoms with E-state index in [0.29, 0.717) is 34.8 Å². The monoisotopic (exact) mass is 470 g/mol. The molecule has 0 fully saturated rings. The van der Waals surface area contributed by atoms with Crippen molar-refractivity contribution in [3.05, 3.63) is 94.5 Å². The van der Waals surface area contributed by atoms with Crippen molar-refractivity contribution in [3.63, 3.8) is 0 Å². The first-order chi connectivity index (χ1) is 15.0. The Labute approximate surface area is 182 Å². The Balaban J connectivity index is 1.86. The van der Waals surface area contributed by atoms with Crippen LogP contribution in [0.4, 0.5) is 26.3 Å². The predicted molar refractivity (Wildman–Crippen MR) is 111 cm³/mol. The lowest BCUT2D eigenvalue weighted by Gasteiger charge is -2.18. The van der Waals surface area contributed by atoms with Gasteiger partial charge in [0.2, 0.25) is 0 Å². The number of halogens is 6. The summed E-state index contributed by atoms with van der Waals surface area (Å²) in [5.41, 5.74) is -4.31. The van der Waals surface area contributed by atoms with Crippen LogP contribution >= 0.6 is 8.58 Å². The van der Waals surface area contributed by atoms with E-state index in [1.165, 1.54) is 12.1 Å². The van der Waals surface area contributed by atoms with Crippen molar-refractivity contribution < 1.29 is 35.9 Å². The third-order valence-electron chi connectivity index (χ3n) is 4.60. The minimum absolute atomic E-state index is 0.286. The summed E-state index contributed by atoms with van der Waals surface area (Å²) in [5.74, 6) is 0.471. The summed E-state index contributed by atoms with van der Waals surface area (Å²) in [7, 11) is -0.918. The minimum Gasteiger partial charge on any atom is -0.489 e. The molecule has 0 saturated heterocycles. The van der Waals surface area contributed by atoms with Gasteiger partial charge in [-0.3, -0.25) is 4.79 Å². The molecule has 0 heterocycles. The Morgan fingerprint density at radius 1 is 0.844 bits per heavy atom. The van der Waals surface area contributed by atoms with Crippen LogP contribution in [0, 0.1) is 6.92 Å². The smallest absolute Gasteiger partial charge is 0.417 e. The highest BCUT2D eigenvalue weighted by molar-refractivity contribution is 7.66. The van der Waals surface area contributed by atoms with Gasteiger partial charge >= 0.3 is 12.4 Å². The summed E-state index contributed by atoms with van der Waals surface area (Å²) >= 11 is 0. The second-order valence-electron chi connectivity index (χ2n) is 6.93. The number of carbonyl (C=O) groups is 1. The van der Waals surface area contributed by atoms with Crippen LogP contribution in [0.15, 0.2) is 66.7 Å². The molecule has 1 atom stereocenters. The number of carbonyl (C=O) groups excluding carboxylic acids is 1. The number of rotatable bonds is 6. The first-order valence-corrected chi connectivity index (χ1v) is 10.3. The Hall–Kier alpha value is -2.86. The second-order valence-corrected chi connectivity index (χ2v) is 8.17. The summed E-state index contributed by atoms with van der Waals surface area (Å²) in [4.78, 5) is 12.7. The number of aryl methyl sites for hydroxylation is 1. The van der Waals surface area contributed by atoms with Crippen LogP contribution in [0.1, 0.15) is 32.6 Å². The fourth-order valence-electron chi connectivity index (χ4n) is 3.06. The van der Waals surface area contributed by atoms with Crippen LogP contribution in [0.2, 0.25) is 0 Å². The predicted octanol–water partition coefficient (Wildman–Crippen LogP) is 6.76. The topological polar surface area (TPSA) is 26.3 Å². The molecule has 0 spiro atoms. The lowest BCUT2D eigenvalue weighted by Crippen LogP contribution is -2.19. The number of hydrogen-bond donors (Lipinski definition) is 0. The van der Waals surface area contributed by atoms with E-state index in [4.69, 9.17) is 4.74 Å². The quantitative estimate of drug-likeness (QED) is 0.294. The molecule has 0 aromatic heterocycles. The molecule has 0 bridgehead atoms. The number of hydrogen-bond acceptors (Lipinski definition) is 2. The zero-order valence-electron chi connectivity index (χ0n) is 16.6. The molecule has 0 saturated carbocycles. The first kappa shape index (κ1) is 23.8. The van der Waals surface area contributed by atoms with Gasteiger partial charge in [-0.05, 0) is 56.2 Å². The number of ether oxygens (including phenoxy) is 1. The van der Waals surface area contributed by atoms with Crippen molar-refractivity contribution in [2.75, 3.05) is 0 Å². The van der Waals surface area contributed by atoms with Gasteiger partial charge in [-0.25, -0.2) is 0 Å². The van der Waals surface area contributed by atoms with Gasteiger partial charge in [0, 0.05) is 5.56 Å². The van der Waals surface area contributed by atoms with Crippen LogP contribution in [0.25, 0.3) is 0 Å². The molecule has 3 aromatic rings. The van der Waals surface area contributed by atoms with E-state index in [2.05, 4.69) is 0 Å². The molecule has 168 valence electrons. The molecule has 1 unspecified atom stereocenters. The van der Waals surface area contributed by atoms with Crippen molar-refractivity contribution >= 4 is 19.4 Å². The summed E-state index contributed by atoms with van der Waals surface area (Å²) in [5, 5.41) is 0.340. The molecule has 2 nitrogen and oxygen atoms in total. The average Bonchev–Trinajstić information content (AvgIpc) is 2.73. The molecule has 0 radical (unpaired) electrons. The molecule has 0 aliphatic carbocycles. The SMILES string of the molecule is Cc1cc(OCc2ccccc2)ccc1PC(=O)c1c(C(F)(F)F)cccc1C(F)(F)F. The highest BCUT2D eigenvalue weighted by Crippen LogP contribution is 2.41. The third kappa shape index (κ3) is 5.68. The summed E-state index contributed by atoms with van der Waals surface area (Å²) in [6.07, 6.45) is -10.2. The van der Waals surface area contributed by atoms with Gasteiger partial charge < -0.3 is 4.74 Å². The van der Waals surface area contributed by atoms with Crippen molar-refractivity contribution in [3.8, 4) is 5.75 Å². The third-order valence-corrected chi connectivity index (χ3v) is 5.90. The Morgan fingerprint density at radius 3 is 1.97 bits per heavy atom. The molecular weight excluding hydrogens is 453 g/mol. The molecular formula is C23H17F6O2P. The highest BCUT2D eigenvalue weighted by atomic mass is 31.1. The van der Waals surface area contributed by atoms with Gasteiger partial charge in [0.15, 0.2) is 5.52 Å². The molecule has 32 heavy (non-hydrogen) atoms. The van der Waals surface area contributed by atoms with Gasteiger partial charge in [0.1, 0.15) is 12.4 Å². The molecule has 0 aliphatic rings. The van der Waals surface area contributed by atoms with E-state index in [-0.39, 0.29) is 6.61 Å². The first-order valence-electron chi connectivity index (χ1n) is 9.33. The van der Waals surface area contributed by atoms with Crippen LogP contribution in [-0.2, 0) is 19.0 Å². The van der Waals surface area contributed by atoms with E-state index in [1.54, 1.807) is 13.0 Å².